The highest BCUT2D eigenvalue weighted by Gasteiger charge is 2.03. The Morgan fingerprint density at radius 3 is 2.67 bits per heavy atom. The maximum absolute atomic E-state index is 10.5. The van der Waals surface area contributed by atoms with Gasteiger partial charge in [-0.25, -0.2) is 0 Å². The normalized spacial score (nSPS) is 10.4. The zero-order valence-corrected chi connectivity index (χ0v) is 8.83. The lowest BCUT2D eigenvalue weighted by atomic mass is 10.1. The van der Waals surface area contributed by atoms with E-state index in [0.717, 1.165) is 15.7 Å². The van der Waals surface area contributed by atoms with Gasteiger partial charge in [-0.3, -0.25) is 4.79 Å². The molecule has 0 radical (unpaired) electrons. The van der Waals surface area contributed by atoms with Crippen molar-refractivity contribution < 1.29 is 9.90 Å². The molecule has 76 valence electrons. The zero-order valence-electron chi connectivity index (χ0n) is 8.01. The van der Waals surface area contributed by atoms with Crippen molar-refractivity contribution in [3.8, 4) is 0 Å². The van der Waals surface area contributed by atoms with Gasteiger partial charge in [-0.2, -0.15) is 0 Å². The van der Waals surface area contributed by atoms with Crippen LogP contribution in [0.4, 0.5) is 0 Å². The third kappa shape index (κ3) is 2.30. The van der Waals surface area contributed by atoms with Gasteiger partial charge < -0.3 is 5.11 Å². The van der Waals surface area contributed by atoms with Crippen LogP contribution in [0.15, 0.2) is 47.4 Å². The fraction of sp³-hybridized carbons (Fsp3) is 0.0833. The van der Waals surface area contributed by atoms with Crippen molar-refractivity contribution in [3.63, 3.8) is 0 Å². The molecule has 0 aliphatic carbocycles. The van der Waals surface area contributed by atoms with E-state index in [2.05, 4.69) is 0 Å². The first-order chi connectivity index (χ1) is 7.27. The third-order valence-electron chi connectivity index (χ3n) is 2.10. The van der Waals surface area contributed by atoms with Crippen LogP contribution in [0.25, 0.3) is 10.8 Å². The lowest BCUT2D eigenvalue weighted by molar-refractivity contribution is -0.133. The third-order valence-corrected chi connectivity index (χ3v) is 3.16. The van der Waals surface area contributed by atoms with Gasteiger partial charge in [0.25, 0.3) is 0 Å². The van der Waals surface area contributed by atoms with Crippen molar-refractivity contribution in [3.05, 3.63) is 42.5 Å². The second-order valence-electron chi connectivity index (χ2n) is 3.16. The molecule has 0 unspecified atom stereocenters. The standard InChI is InChI=1S/C12H10O2S/c13-12(14)8-15-11-7-3-5-9-4-1-2-6-10(9)11/h1-7H,8H2,(H,13,14). The van der Waals surface area contributed by atoms with Gasteiger partial charge in [0.05, 0.1) is 5.75 Å². The van der Waals surface area contributed by atoms with Crippen molar-refractivity contribution in [2.45, 2.75) is 4.90 Å². The molecule has 0 saturated heterocycles. The van der Waals surface area contributed by atoms with E-state index in [4.69, 9.17) is 5.11 Å². The first-order valence-corrected chi connectivity index (χ1v) is 5.58. The fourth-order valence-electron chi connectivity index (χ4n) is 1.46. The van der Waals surface area contributed by atoms with Gasteiger partial charge in [-0.15, -0.1) is 11.8 Å². The average Bonchev–Trinajstić information content (AvgIpc) is 2.26. The highest BCUT2D eigenvalue weighted by molar-refractivity contribution is 8.00. The quantitative estimate of drug-likeness (QED) is 0.805. The molecular formula is C12H10O2S. The molecule has 0 fully saturated rings. The number of thioether (sulfide) groups is 1. The van der Waals surface area contributed by atoms with Crippen LogP contribution in [-0.2, 0) is 4.79 Å². The highest BCUT2D eigenvalue weighted by Crippen LogP contribution is 2.27. The molecule has 0 spiro atoms. The summed E-state index contributed by atoms with van der Waals surface area (Å²) in [5.41, 5.74) is 0. The zero-order chi connectivity index (χ0) is 10.7. The van der Waals surface area contributed by atoms with E-state index in [1.54, 1.807) is 0 Å². The van der Waals surface area contributed by atoms with Crippen molar-refractivity contribution in [1.82, 2.24) is 0 Å². The average molecular weight is 218 g/mol. The summed E-state index contributed by atoms with van der Waals surface area (Å²) in [6, 6.07) is 13.9. The molecular weight excluding hydrogens is 208 g/mol. The van der Waals surface area contributed by atoms with Crippen LogP contribution in [0.3, 0.4) is 0 Å². The first-order valence-electron chi connectivity index (χ1n) is 4.60. The number of hydrogen-bond donors (Lipinski definition) is 1. The van der Waals surface area contributed by atoms with Crippen molar-refractivity contribution in [1.29, 1.82) is 0 Å². The molecule has 0 atom stereocenters. The van der Waals surface area contributed by atoms with Crippen LogP contribution in [0.2, 0.25) is 0 Å². The summed E-state index contributed by atoms with van der Waals surface area (Å²) in [5, 5.41) is 10.9. The number of rotatable bonds is 3. The number of hydrogen-bond acceptors (Lipinski definition) is 2. The molecule has 2 aromatic carbocycles. The predicted molar refractivity (Wildman–Crippen MR) is 62.3 cm³/mol. The Bertz CT molecular complexity index is 488. The van der Waals surface area contributed by atoms with Crippen LogP contribution < -0.4 is 0 Å². The summed E-state index contributed by atoms with van der Waals surface area (Å²) >= 11 is 1.36. The van der Waals surface area contributed by atoms with E-state index in [1.165, 1.54) is 11.8 Å². The number of benzene rings is 2. The van der Waals surface area contributed by atoms with E-state index in [1.807, 2.05) is 42.5 Å². The second kappa shape index (κ2) is 4.36. The van der Waals surface area contributed by atoms with Crippen molar-refractivity contribution in [2.75, 3.05) is 5.75 Å². The molecule has 3 heteroatoms. The van der Waals surface area contributed by atoms with E-state index in [9.17, 15) is 4.79 Å². The van der Waals surface area contributed by atoms with E-state index < -0.39 is 5.97 Å². The Morgan fingerprint density at radius 1 is 1.13 bits per heavy atom. The molecule has 2 aromatic rings. The predicted octanol–water partition coefficient (Wildman–Crippen LogP) is 3.02. The first kappa shape index (κ1) is 10.1. The number of carboxylic acids is 1. The van der Waals surface area contributed by atoms with Crippen molar-refractivity contribution >= 4 is 28.5 Å². The van der Waals surface area contributed by atoms with Gasteiger partial charge in [-0.1, -0.05) is 36.4 Å². The Kier molecular flexibility index (Phi) is 2.92. The van der Waals surface area contributed by atoms with E-state index in [0.29, 0.717) is 0 Å². The van der Waals surface area contributed by atoms with Gasteiger partial charge in [0.1, 0.15) is 0 Å². The van der Waals surface area contributed by atoms with Crippen LogP contribution >= 0.6 is 11.8 Å². The number of aliphatic carboxylic acids is 1. The lowest BCUT2D eigenvalue weighted by Crippen LogP contribution is -1.97. The molecule has 2 nitrogen and oxygen atoms in total. The highest BCUT2D eigenvalue weighted by atomic mass is 32.2. The molecule has 0 amide bonds. The minimum absolute atomic E-state index is 0.105. The molecule has 0 saturated carbocycles. The number of carbonyl (C=O) groups is 1. The summed E-state index contributed by atoms with van der Waals surface area (Å²) in [6.07, 6.45) is 0. The van der Waals surface area contributed by atoms with E-state index >= 15 is 0 Å². The summed E-state index contributed by atoms with van der Waals surface area (Å²) in [4.78, 5) is 11.5. The molecule has 2 rings (SSSR count). The van der Waals surface area contributed by atoms with Gasteiger partial charge in [0, 0.05) is 4.90 Å². The van der Waals surface area contributed by atoms with Crippen LogP contribution in [-0.4, -0.2) is 16.8 Å². The maximum Gasteiger partial charge on any atom is 0.313 e. The Morgan fingerprint density at radius 2 is 1.87 bits per heavy atom. The Labute approximate surface area is 91.9 Å². The molecule has 1 N–H and O–H groups in total. The van der Waals surface area contributed by atoms with E-state index in [-0.39, 0.29) is 5.75 Å². The minimum Gasteiger partial charge on any atom is -0.481 e. The molecule has 0 bridgehead atoms. The van der Waals surface area contributed by atoms with Gasteiger partial charge in [0.15, 0.2) is 0 Å². The smallest absolute Gasteiger partial charge is 0.313 e. The van der Waals surface area contributed by atoms with Crippen LogP contribution in [0.1, 0.15) is 0 Å². The minimum atomic E-state index is -0.784. The van der Waals surface area contributed by atoms with Gasteiger partial charge >= 0.3 is 5.97 Å². The lowest BCUT2D eigenvalue weighted by Gasteiger charge is -2.03. The largest absolute Gasteiger partial charge is 0.481 e. The summed E-state index contributed by atoms with van der Waals surface area (Å²) in [6.45, 7) is 0. The van der Waals surface area contributed by atoms with Gasteiger partial charge in [-0.05, 0) is 16.8 Å². The van der Waals surface area contributed by atoms with Crippen molar-refractivity contribution in [2.24, 2.45) is 0 Å². The number of carboxylic acid groups (broad SMARTS) is 1. The van der Waals surface area contributed by atoms with Gasteiger partial charge in [0.2, 0.25) is 0 Å². The molecule has 15 heavy (non-hydrogen) atoms. The molecule has 0 aliphatic rings. The molecule has 0 aliphatic heterocycles. The summed E-state index contributed by atoms with van der Waals surface area (Å²) in [5.74, 6) is -0.679. The summed E-state index contributed by atoms with van der Waals surface area (Å²) < 4.78 is 0. The fourth-order valence-corrected chi connectivity index (χ4v) is 2.26. The van der Waals surface area contributed by atoms with Crippen LogP contribution in [0.5, 0.6) is 0 Å². The summed E-state index contributed by atoms with van der Waals surface area (Å²) in [7, 11) is 0. The Balaban J connectivity index is 2.38. The maximum atomic E-state index is 10.5. The molecule has 0 aromatic heterocycles. The topological polar surface area (TPSA) is 37.3 Å². The second-order valence-corrected chi connectivity index (χ2v) is 4.18. The number of fused-ring (bicyclic) bond motifs is 1. The SMILES string of the molecule is O=C(O)CSc1cccc2ccccc12. The monoisotopic (exact) mass is 218 g/mol. The van der Waals surface area contributed by atoms with Crippen LogP contribution in [0, 0.1) is 0 Å². The molecule has 0 heterocycles. The Hall–Kier alpha value is -1.48.